The molecule has 0 fully saturated rings. The van der Waals surface area contributed by atoms with E-state index >= 15 is 0 Å². The molecule has 0 radical (unpaired) electrons. The predicted octanol–water partition coefficient (Wildman–Crippen LogP) is 4.26. The number of tetrazole rings is 1. The van der Waals surface area contributed by atoms with E-state index in [0.717, 1.165) is 26.9 Å². The number of benzene rings is 1. The number of carbonyl (C=O) groups excluding carboxylic acids is 1. The van der Waals surface area contributed by atoms with Crippen LogP contribution in [0.3, 0.4) is 0 Å². The Labute approximate surface area is 176 Å². The van der Waals surface area contributed by atoms with Crippen LogP contribution in [-0.4, -0.2) is 25.9 Å². The number of hydrogen-bond acceptors (Lipinski definition) is 6. The number of nitrogens with zero attached hydrogens (tertiary/aromatic N) is 4. The second kappa shape index (κ2) is 7.38. The fourth-order valence-electron chi connectivity index (χ4n) is 3.73. The van der Waals surface area contributed by atoms with E-state index in [2.05, 4.69) is 52.9 Å². The van der Waals surface area contributed by atoms with Gasteiger partial charge in [0, 0.05) is 22.2 Å². The van der Waals surface area contributed by atoms with Crippen LogP contribution < -0.4 is 5.32 Å². The van der Waals surface area contributed by atoms with E-state index in [1.165, 1.54) is 11.8 Å². The number of aryl methyl sites for hydroxylation is 2. The molecule has 0 saturated carbocycles. The number of fused-ring (bicyclic) bond motifs is 3. The van der Waals surface area contributed by atoms with Crippen molar-refractivity contribution in [1.29, 1.82) is 0 Å². The maximum atomic E-state index is 12.7. The minimum Gasteiger partial charge on any atom is -0.459 e. The van der Waals surface area contributed by atoms with E-state index in [4.69, 9.17) is 4.42 Å². The summed E-state index contributed by atoms with van der Waals surface area (Å²) in [5.74, 6) is 0.0386. The number of furan rings is 1. The van der Waals surface area contributed by atoms with E-state index in [-0.39, 0.29) is 17.7 Å². The Morgan fingerprint density at radius 2 is 2.13 bits per heavy atom. The molecule has 5 aromatic rings. The van der Waals surface area contributed by atoms with Crippen LogP contribution in [0.2, 0.25) is 0 Å². The molecule has 5 rings (SSSR count). The molecule has 1 aromatic carbocycles. The SMILES string of the molecule is Cc1ccc2cc(CC(NC(=O)c3ccco3)c3cccs3)c3nnnn3c2c1C. The Morgan fingerprint density at radius 3 is 2.90 bits per heavy atom. The average molecular weight is 417 g/mol. The lowest BCUT2D eigenvalue weighted by Gasteiger charge is -2.18. The van der Waals surface area contributed by atoms with Crippen molar-refractivity contribution < 1.29 is 9.21 Å². The average Bonchev–Trinajstić information content (AvgIpc) is 3.51. The van der Waals surface area contributed by atoms with Crippen molar-refractivity contribution >= 4 is 33.8 Å². The summed E-state index contributed by atoms with van der Waals surface area (Å²) in [5.41, 5.74) is 5.01. The first-order valence-electron chi connectivity index (χ1n) is 9.59. The quantitative estimate of drug-likeness (QED) is 0.462. The Morgan fingerprint density at radius 1 is 1.23 bits per heavy atom. The lowest BCUT2D eigenvalue weighted by molar-refractivity contribution is 0.0909. The van der Waals surface area contributed by atoms with Crippen LogP contribution in [0.1, 0.15) is 38.2 Å². The minimum absolute atomic E-state index is 0.230. The number of hydrogen-bond donors (Lipinski definition) is 1. The third-order valence-electron chi connectivity index (χ3n) is 5.39. The van der Waals surface area contributed by atoms with Crippen LogP contribution in [0.4, 0.5) is 0 Å². The van der Waals surface area contributed by atoms with Crippen molar-refractivity contribution in [3.63, 3.8) is 0 Å². The first-order valence-corrected chi connectivity index (χ1v) is 10.5. The molecule has 8 heteroatoms. The number of amides is 1. The second-order valence-corrected chi connectivity index (χ2v) is 8.23. The molecule has 7 nitrogen and oxygen atoms in total. The predicted molar refractivity (Wildman–Crippen MR) is 115 cm³/mol. The largest absolute Gasteiger partial charge is 0.459 e. The summed E-state index contributed by atoms with van der Waals surface area (Å²) in [6.07, 6.45) is 2.05. The van der Waals surface area contributed by atoms with Crippen LogP contribution in [0, 0.1) is 13.8 Å². The van der Waals surface area contributed by atoms with Gasteiger partial charge >= 0.3 is 0 Å². The third kappa shape index (κ3) is 3.15. The van der Waals surface area contributed by atoms with E-state index in [1.54, 1.807) is 28.0 Å². The zero-order valence-corrected chi connectivity index (χ0v) is 17.3. The fourth-order valence-corrected chi connectivity index (χ4v) is 4.51. The van der Waals surface area contributed by atoms with Gasteiger partial charge in [-0.15, -0.1) is 16.4 Å². The van der Waals surface area contributed by atoms with Crippen molar-refractivity contribution in [3.05, 3.63) is 81.4 Å². The van der Waals surface area contributed by atoms with Crippen LogP contribution >= 0.6 is 11.3 Å². The van der Waals surface area contributed by atoms with Gasteiger partial charge in [-0.3, -0.25) is 4.79 Å². The summed E-state index contributed by atoms with van der Waals surface area (Å²) in [5, 5.41) is 18.6. The molecule has 30 heavy (non-hydrogen) atoms. The zero-order valence-electron chi connectivity index (χ0n) is 16.5. The molecule has 4 heterocycles. The summed E-state index contributed by atoms with van der Waals surface area (Å²) in [7, 11) is 0. The van der Waals surface area contributed by atoms with Crippen LogP contribution in [-0.2, 0) is 6.42 Å². The monoisotopic (exact) mass is 417 g/mol. The topological polar surface area (TPSA) is 85.3 Å². The molecule has 1 N–H and O–H groups in total. The van der Waals surface area contributed by atoms with Crippen molar-refractivity contribution in [2.24, 2.45) is 0 Å². The zero-order chi connectivity index (χ0) is 20.7. The maximum Gasteiger partial charge on any atom is 0.287 e. The summed E-state index contributed by atoms with van der Waals surface area (Å²) >= 11 is 1.60. The first kappa shape index (κ1) is 18.5. The molecule has 1 amide bonds. The molecule has 0 bridgehead atoms. The smallest absolute Gasteiger partial charge is 0.287 e. The van der Waals surface area contributed by atoms with Crippen LogP contribution in [0.25, 0.3) is 16.6 Å². The Balaban J connectivity index is 1.58. The molecular formula is C22H19N5O2S. The number of rotatable bonds is 5. The molecule has 4 aromatic heterocycles. The summed E-state index contributed by atoms with van der Waals surface area (Å²) in [6.45, 7) is 4.16. The number of pyridine rings is 1. The van der Waals surface area contributed by atoms with E-state index < -0.39 is 0 Å². The lowest BCUT2D eigenvalue weighted by atomic mass is 10.0. The van der Waals surface area contributed by atoms with Crippen LogP contribution in [0.15, 0.2) is 58.5 Å². The van der Waals surface area contributed by atoms with Gasteiger partial charge in [-0.1, -0.05) is 18.2 Å². The van der Waals surface area contributed by atoms with Crippen molar-refractivity contribution in [2.45, 2.75) is 26.3 Å². The second-order valence-electron chi connectivity index (χ2n) is 7.25. The van der Waals surface area contributed by atoms with Gasteiger partial charge < -0.3 is 9.73 Å². The molecule has 0 spiro atoms. The third-order valence-corrected chi connectivity index (χ3v) is 6.38. The molecule has 1 atom stereocenters. The first-order chi connectivity index (χ1) is 14.6. The summed E-state index contributed by atoms with van der Waals surface area (Å²) in [4.78, 5) is 13.7. The Bertz CT molecular complexity index is 1340. The van der Waals surface area contributed by atoms with Gasteiger partial charge in [0.15, 0.2) is 11.4 Å². The standard InChI is InChI=1S/C22H19N5O2S/c1-13-7-8-15-11-16(21-24-25-26-27(21)20(15)14(13)2)12-17(19-6-4-10-30-19)23-22(28)18-5-3-9-29-18/h3-11,17H,12H2,1-2H3,(H,23,28). The number of carbonyl (C=O) groups is 1. The summed E-state index contributed by atoms with van der Waals surface area (Å²) < 4.78 is 7.06. The van der Waals surface area contributed by atoms with Gasteiger partial charge in [0.1, 0.15) is 0 Å². The van der Waals surface area contributed by atoms with Gasteiger partial charge in [0.05, 0.1) is 17.8 Å². The molecule has 1 unspecified atom stereocenters. The highest BCUT2D eigenvalue weighted by atomic mass is 32.1. The highest BCUT2D eigenvalue weighted by molar-refractivity contribution is 7.10. The van der Waals surface area contributed by atoms with Gasteiger partial charge in [-0.05, 0) is 65.0 Å². The van der Waals surface area contributed by atoms with Gasteiger partial charge in [-0.2, -0.15) is 4.52 Å². The lowest BCUT2D eigenvalue weighted by Crippen LogP contribution is -2.29. The molecule has 0 aliphatic heterocycles. The fraction of sp³-hybridized carbons (Fsp3) is 0.182. The van der Waals surface area contributed by atoms with Crippen LogP contribution in [0.5, 0.6) is 0 Å². The molecule has 0 aliphatic carbocycles. The van der Waals surface area contributed by atoms with Crippen molar-refractivity contribution in [3.8, 4) is 0 Å². The van der Waals surface area contributed by atoms with E-state index in [1.807, 2.05) is 17.5 Å². The normalized spacial score (nSPS) is 12.5. The van der Waals surface area contributed by atoms with Gasteiger partial charge in [0.2, 0.25) is 0 Å². The van der Waals surface area contributed by atoms with E-state index in [0.29, 0.717) is 12.1 Å². The van der Waals surface area contributed by atoms with E-state index in [9.17, 15) is 4.79 Å². The van der Waals surface area contributed by atoms with Gasteiger partial charge in [-0.25, -0.2) is 0 Å². The number of aromatic nitrogens is 4. The number of thiophene rings is 1. The van der Waals surface area contributed by atoms with Crippen molar-refractivity contribution in [2.75, 3.05) is 0 Å². The van der Waals surface area contributed by atoms with Gasteiger partial charge in [0.25, 0.3) is 5.91 Å². The Hall–Kier alpha value is -3.52. The maximum absolute atomic E-state index is 12.7. The van der Waals surface area contributed by atoms with Crippen molar-refractivity contribution in [1.82, 2.24) is 25.4 Å². The Kier molecular flexibility index (Phi) is 4.55. The minimum atomic E-state index is -0.249. The summed E-state index contributed by atoms with van der Waals surface area (Å²) in [6, 6.07) is 13.4. The number of nitrogens with one attached hydrogen (secondary N) is 1. The molecule has 150 valence electrons. The highest BCUT2D eigenvalue weighted by Crippen LogP contribution is 2.29. The highest BCUT2D eigenvalue weighted by Gasteiger charge is 2.22. The molecule has 0 saturated heterocycles. The molecular weight excluding hydrogens is 398 g/mol. The molecule has 0 aliphatic rings.